The van der Waals surface area contributed by atoms with Crippen LogP contribution >= 0.6 is 0 Å². The van der Waals surface area contributed by atoms with Crippen molar-refractivity contribution < 1.29 is 26.0 Å². The third-order valence-electron chi connectivity index (χ3n) is 3.64. The Bertz CT molecular complexity index is 754. The zero-order valence-corrected chi connectivity index (χ0v) is 15.9. The van der Waals surface area contributed by atoms with Crippen molar-refractivity contribution in [3.63, 3.8) is 0 Å². The molecule has 1 aromatic carbocycles. The predicted molar refractivity (Wildman–Crippen MR) is 93.1 cm³/mol. The van der Waals surface area contributed by atoms with Crippen LogP contribution in [0.5, 0.6) is 0 Å². The van der Waals surface area contributed by atoms with Crippen LogP contribution in [0.25, 0.3) is 0 Å². The standard InChI is InChI=1S/C16H23F4N3O2S/c1-15(2,3)26(24,25)8-7-22-14(21-4)23-10-11-5-6-12(17)9-13(11)16(18,19)20/h5-6,9H,7-8,10H2,1-4H3,(H2,21,22,23). The first-order valence-corrected chi connectivity index (χ1v) is 9.45. The minimum Gasteiger partial charge on any atom is -0.355 e. The predicted octanol–water partition coefficient (Wildman–Crippen LogP) is 2.72. The van der Waals surface area contributed by atoms with Gasteiger partial charge in [-0.1, -0.05) is 6.07 Å². The Morgan fingerprint density at radius 2 is 1.77 bits per heavy atom. The van der Waals surface area contributed by atoms with E-state index in [-0.39, 0.29) is 30.4 Å². The van der Waals surface area contributed by atoms with Crippen LogP contribution < -0.4 is 10.6 Å². The third-order valence-corrected chi connectivity index (χ3v) is 6.25. The number of nitrogens with zero attached hydrogens (tertiary/aromatic N) is 1. The molecule has 2 N–H and O–H groups in total. The fourth-order valence-electron chi connectivity index (χ4n) is 1.98. The van der Waals surface area contributed by atoms with Crippen LogP contribution in [-0.2, 0) is 22.6 Å². The zero-order valence-electron chi connectivity index (χ0n) is 15.0. The van der Waals surface area contributed by atoms with Gasteiger partial charge in [-0.15, -0.1) is 0 Å². The Labute approximate surface area is 150 Å². The molecule has 1 rings (SSSR count). The van der Waals surface area contributed by atoms with Gasteiger partial charge in [-0.25, -0.2) is 12.8 Å². The van der Waals surface area contributed by atoms with Crippen molar-refractivity contribution in [3.05, 3.63) is 35.1 Å². The van der Waals surface area contributed by atoms with Crippen LogP contribution in [0.1, 0.15) is 31.9 Å². The first kappa shape index (κ1) is 22.2. The van der Waals surface area contributed by atoms with Gasteiger partial charge in [0.1, 0.15) is 5.82 Å². The number of halogens is 4. The molecule has 0 bridgehead atoms. The van der Waals surface area contributed by atoms with Crippen molar-refractivity contribution in [2.24, 2.45) is 4.99 Å². The molecular weight excluding hydrogens is 374 g/mol. The highest BCUT2D eigenvalue weighted by molar-refractivity contribution is 7.92. The van der Waals surface area contributed by atoms with E-state index in [0.717, 1.165) is 12.1 Å². The molecule has 148 valence electrons. The molecule has 0 radical (unpaired) electrons. The lowest BCUT2D eigenvalue weighted by Crippen LogP contribution is -2.41. The Morgan fingerprint density at radius 3 is 2.27 bits per heavy atom. The molecule has 0 amide bonds. The van der Waals surface area contributed by atoms with Crippen molar-refractivity contribution in [2.75, 3.05) is 19.3 Å². The summed E-state index contributed by atoms with van der Waals surface area (Å²) in [5, 5.41) is 5.41. The van der Waals surface area contributed by atoms with Gasteiger partial charge < -0.3 is 10.6 Å². The maximum absolute atomic E-state index is 13.1. The van der Waals surface area contributed by atoms with Gasteiger partial charge in [0.25, 0.3) is 0 Å². The largest absolute Gasteiger partial charge is 0.416 e. The fourth-order valence-corrected chi connectivity index (χ4v) is 2.96. The SMILES string of the molecule is CN=C(NCCS(=O)(=O)C(C)(C)C)NCc1ccc(F)cc1C(F)(F)F. The van der Waals surface area contributed by atoms with Crippen LogP contribution in [0.3, 0.4) is 0 Å². The monoisotopic (exact) mass is 397 g/mol. The van der Waals surface area contributed by atoms with Crippen LogP contribution in [0.15, 0.2) is 23.2 Å². The quantitative estimate of drug-likeness (QED) is 0.455. The molecule has 0 unspecified atom stereocenters. The summed E-state index contributed by atoms with van der Waals surface area (Å²) in [7, 11) is -1.93. The molecule has 0 saturated carbocycles. The second-order valence-electron chi connectivity index (χ2n) is 6.58. The zero-order chi connectivity index (χ0) is 20.2. The minimum absolute atomic E-state index is 0.0504. The first-order valence-electron chi connectivity index (χ1n) is 7.80. The molecule has 0 fully saturated rings. The number of sulfone groups is 1. The van der Waals surface area contributed by atoms with Gasteiger partial charge in [0.2, 0.25) is 0 Å². The summed E-state index contributed by atoms with van der Waals surface area (Å²) in [6.07, 6.45) is -4.68. The lowest BCUT2D eigenvalue weighted by Gasteiger charge is -2.20. The van der Waals surface area contributed by atoms with Crippen molar-refractivity contribution >= 4 is 15.8 Å². The molecule has 0 aliphatic rings. The highest BCUT2D eigenvalue weighted by Gasteiger charge is 2.33. The van der Waals surface area contributed by atoms with Gasteiger partial charge in [0.05, 0.1) is 16.1 Å². The Hall–Kier alpha value is -1.84. The Kier molecular flexibility index (Phi) is 7.03. The number of guanidine groups is 1. The van der Waals surface area contributed by atoms with E-state index in [4.69, 9.17) is 0 Å². The van der Waals surface area contributed by atoms with Gasteiger partial charge >= 0.3 is 6.18 Å². The number of aliphatic imine (C=N–C) groups is 1. The topological polar surface area (TPSA) is 70.6 Å². The first-order chi connectivity index (χ1) is 11.8. The maximum Gasteiger partial charge on any atom is 0.416 e. The smallest absolute Gasteiger partial charge is 0.355 e. The maximum atomic E-state index is 13.1. The van der Waals surface area contributed by atoms with E-state index in [1.165, 1.54) is 7.05 Å². The number of hydrogen-bond acceptors (Lipinski definition) is 3. The van der Waals surface area contributed by atoms with Crippen molar-refractivity contribution in [1.82, 2.24) is 10.6 Å². The minimum atomic E-state index is -4.68. The van der Waals surface area contributed by atoms with E-state index in [2.05, 4.69) is 15.6 Å². The molecule has 0 saturated heterocycles. The molecule has 0 aliphatic carbocycles. The number of hydrogen-bond donors (Lipinski definition) is 2. The Balaban J connectivity index is 2.72. The van der Waals surface area contributed by atoms with E-state index in [1.54, 1.807) is 20.8 Å². The molecule has 26 heavy (non-hydrogen) atoms. The summed E-state index contributed by atoms with van der Waals surface area (Å²) in [4.78, 5) is 3.84. The highest BCUT2D eigenvalue weighted by Crippen LogP contribution is 2.32. The van der Waals surface area contributed by atoms with Gasteiger partial charge in [-0.3, -0.25) is 4.99 Å². The number of rotatable bonds is 5. The van der Waals surface area contributed by atoms with Crippen LogP contribution in [-0.4, -0.2) is 38.5 Å². The average Bonchev–Trinajstić information content (AvgIpc) is 2.49. The summed E-state index contributed by atoms with van der Waals surface area (Å²) in [5.41, 5.74) is -1.22. The fraction of sp³-hybridized carbons (Fsp3) is 0.562. The van der Waals surface area contributed by atoms with Gasteiger partial charge in [-0.05, 0) is 38.5 Å². The van der Waals surface area contributed by atoms with Gasteiger partial charge in [-0.2, -0.15) is 13.2 Å². The Morgan fingerprint density at radius 1 is 1.15 bits per heavy atom. The summed E-state index contributed by atoms with van der Waals surface area (Å²) < 4.78 is 75.2. The number of alkyl halides is 3. The lowest BCUT2D eigenvalue weighted by atomic mass is 10.1. The van der Waals surface area contributed by atoms with E-state index >= 15 is 0 Å². The number of nitrogens with one attached hydrogen (secondary N) is 2. The van der Waals surface area contributed by atoms with E-state index in [0.29, 0.717) is 6.07 Å². The van der Waals surface area contributed by atoms with Crippen LogP contribution in [0.2, 0.25) is 0 Å². The van der Waals surface area contributed by atoms with Crippen molar-refractivity contribution in [1.29, 1.82) is 0 Å². The normalized spacial score (nSPS) is 13.6. The second kappa shape index (κ2) is 8.24. The molecule has 0 spiro atoms. The van der Waals surface area contributed by atoms with Crippen LogP contribution in [0, 0.1) is 5.82 Å². The third kappa shape index (κ3) is 6.15. The number of benzene rings is 1. The second-order valence-corrected chi connectivity index (χ2v) is 9.45. The molecular formula is C16H23F4N3O2S. The molecule has 10 heteroatoms. The average molecular weight is 397 g/mol. The highest BCUT2D eigenvalue weighted by atomic mass is 32.2. The molecule has 1 aromatic rings. The summed E-state index contributed by atoms with van der Waals surface area (Å²) in [5.74, 6) is -0.982. The molecule has 0 aromatic heterocycles. The van der Waals surface area contributed by atoms with E-state index in [9.17, 15) is 26.0 Å². The molecule has 0 atom stereocenters. The summed E-state index contributed by atoms with van der Waals surface area (Å²) in [6, 6.07) is 2.42. The van der Waals surface area contributed by atoms with Crippen molar-refractivity contribution in [2.45, 2.75) is 38.2 Å². The molecule has 0 aliphatic heterocycles. The summed E-state index contributed by atoms with van der Waals surface area (Å²) >= 11 is 0. The van der Waals surface area contributed by atoms with Crippen LogP contribution in [0.4, 0.5) is 17.6 Å². The van der Waals surface area contributed by atoms with E-state index < -0.39 is 32.1 Å². The van der Waals surface area contributed by atoms with E-state index in [1.807, 2.05) is 0 Å². The molecule has 5 nitrogen and oxygen atoms in total. The van der Waals surface area contributed by atoms with Crippen molar-refractivity contribution in [3.8, 4) is 0 Å². The molecule has 0 heterocycles. The van der Waals surface area contributed by atoms with Gasteiger partial charge in [0, 0.05) is 20.1 Å². The summed E-state index contributed by atoms with van der Waals surface area (Å²) in [6.45, 7) is 4.56. The van der Waals surface area contributed by atoms with Gasteiger partial charge in [0.15, 0.2) is 15.8 Å². The lowest BCUT2D eigenvalue weighted by molar-refractivity contribution is -0.138.